The number of anilines is 2. The number of aromatic nitrogens is 1. The molecular weight excluding hydrogens is 406 g/mol. The van der Waals surface area contributed by atoms with Crippen LogP contribution in [0, 0.1) is 0 Å². The highest BCUT2D eigenvalue weighted by molar-refractivity contribution is 7.14. The molecule has 0 N–H and O–H groups in total. The van der Waals surface area contributed by atoms with E-state index in [4.69, 9.17) is 9.72 Å². The van der Waals surface area contributed by atoms with Gasteiger partial charge in [0.05, 0.1) is 18.5 Å². The maximum Gasteiger partial charge on any atom is 0.230 e. The molecule has 2 heterocycles. The summed E-state index contributed by atoms with van der Waals surface area (Å²) in [7, 11) is 1.70. The van der Waals surface area contributed by atoms with Crippen molar-refractivity contribution in [2.75, 3.05) is 18.6 Å². The van der Waals surface area contributed by atoms with E-state index in [0.717, 1.165) is 41.8 Å². The zero-order chi connectivity index (χ0) is 21.6. The first kappa shape index (κ1) is 21.5. The molecule has 0 bridgehead atoms. The zero-order valence-electron chi connectivity index (χ0n) is 18.2. The molecular formula is C25H29N3O2S. The SMILES string of the molecule is COc1ccc([C@H]2CCCCCN2Cc2csc(N(C(C)=O)c3ccccc3)n2)cc1. The number of hydrogen-bond acceptors (Lipinski definition) is 5. The number of carbonyl (C=O) groups excluding carboxylic acids is 1. The van der Waals surface area contributed by atoms with Gasteiger partial charge in [0.15, 0.2) is 5.13 Å². The van der Waals surface area contributed by atoms with Crippen molar-refractivity contribution in [3.8, 4) is 5.75 Å². The van der Waals surface area contributed by atoms with Crippen LogP contribution in [0.5, 0.6) is 5.75 Å². The fourth-order valence-corrected chi connectivity index (χ4v) is 5.12. The number of carbonyl (C=O) groups is 1. The third-order valence-corrected chi connectivity index (χ3v) is 6.66. The van der Waals surface area contributed by atoms with E-state index in [0.29, 0.717) is 6.04 Å². The van der Waals surface area contributed by atoms with Crippen molar-refractivity contribution in [1.82, 2.24) is 9.88 Å². The number of benzene rings is 2. The fourth-order valence-electron chi connectivity index (χ4n) is 4.24. The smallest absolute Gasteiger partial charge is 0.230 e. The van der Waals surface area contributed by atoms with Crippen LogP contribution in [0.15, 0.2) is 60.0 Å². The van der Waals surface area contributed by atoms with Gasteiger partial charge in [0.1, 0.15) is 5.75 Å². The van der Waals surface area contributed by atoms with Crippen LogP contribution in [0.25, 0.3) is 0 Å². The normalized spacial score (nSPS) is 17.2. The van der Waals surface area contributed by atoms with E-state index in [2.05, 4.69) is 22.4 Å². The number of thiazole rings is 1. The Bertz CT molecular complexity index is 988. The van der Waals surface area contributed by atoms with E-state index < -0.39 is 0 Å². The van der Waals surface area contributed by atoms with Crippen LogP contribution in [0.1, 0.15) is 49.9 Å². The first-order chi connectivity index (χ1) is 15.2. The summed E-state index contributed by atoms with van der Waals surface area (Å²) in [5.41, 5.74) is 3.19. The molecule has 2 aromatic carbocycles. The molecule has 3 aromatic rings. The lowest BCUT2D eigenvalue weighted by Gasteiger charge is -2.30. The van der Waals surface area contributed by atoms with Gasteiger partial charge in [0, 0.05) is 24.9 Å². The molecule has 1 aliphatic rings. The summed E-state index contributed by atoms with van der Waals surface area (Å²) < 4.78 is 5.33. The summed E-state index contributed by atoms with van der Waals surface area (Å²) in [6.07, 6.45) is 4.85. The number of rotatable bonds is 6. The second-order valence-electron chi connectivity index (χ2n) is 7.92. The van der Waals surface area contributed by atoms with Crippen LogP contribution in [-0.4, -0.2) is 29.4 Å². The first-order valence-electron chi connectivity index (χ1n) is 10.8. The number of methoxy groups -OCH3 is 1. The van der Waals surface area contributed by atoms with Gasteiger partial charge in [-0.25, -0.2) is 4.98 Å². The number of para-hydroxylation sites is 1. The standard InChI is InChI=1S/C25H29N3O2S/c1-19(29)28(22-9-5-3-6-10-22)25-26-21(18-31-25)17-27-16-8-4-7-11-24(27)20-12-14-23(30-2)15-13-20/h3,5-6,9-10,12-15,18,24H,4,7-8,11,16-17H2,1-2H3/t24-/m1/s1. The quantitative estimate of drug-likeness (QED) is 0.480. The molecule has 4 rings (SSSR count). The Hall–Kier alpha value is -2.70. The lowest BCUT2D eigenvalue weighted by molar-refractivity contribution is -0.115. The largest absolute Gasteiger partial charge is 0.497 e. The Balaban J connectivity index is 1.55. The number of nitrogens with zero attached hydrogens (tertiary/aromatic N) is 3. The minimum Gasteiger partial charge on any atom is -0.497 e. The number of ether oxygens (including phenoxy) is 1. The summed E-state index contributed by atoms with van der Waals surface area (Å²) >= 11 is 1.53. The topological polar surface area (TPSA) is 45.7 Å². The third-order valence-electron chi connectivity index (χ3n) is 5.79. The summed E-state index contributed by atoms with van der Waals surface area (Å²) in [6, 6.07) is 18.5. The Kier molecular flexibility index (Phi) is 6.99. The molecule has 31 heavy (non-hydrogen) atoms. The van der Waals surface area contributed by atoms with Gasteiger partial charge in [0.25, 0.3) is 0 Å². The molecule has 0 saturated carbocycles. The van der Waals surface area contributed by atoms with E-state index in [9.17, 15) is 4.79 Å². The molecule has 5 nitrogen and oxygen atoms in total. The predicted octanol–water partition coefficient (Wildman–Crippen LogP) is 5.95. The van der Waals surface area contributed by atoms with Crippen molar-refractivity contribution in [3.05, 3.63) is 71.2 Å². The summed E-state index contributed by atoms with van der Waals surface area (Å²) in [6.45, 7) is 3.43. The second-order valence-corrected chi connectivity index (χ2v) is 8.76. The Labute approximate surface area is 188 Å². The molecule has 1 atom stereocenters. The van der Waals surface area contributed by atoms with Crippen LogP contribution < -0.4 is 9.64 Å². The number of amides is 1. The molecule has 0 radical (unpaired) electrons. The minimum absolute atomic E-state index is 0.0296. The van der Waals surface area contributed by atoms with E-state index in [1.807, 2.05) is 42.5 Å². The van der Waals surface area contributed by atoms with Gasteiger partial charge in [-0.1, -0.05) is 43.2 Å². The average Bonchev–Trinajstić information content (AvgIpc) is 3.11. The second kappa shape index (κ2) is 10.1. The third kappa shape index (κ3) is 5.14. The number of likely N-dealkylation sites (tertiary alicyclic amines) is 1. The highest BCUT2D eigenvalue weighted by atomic mass is 32.1. The number of hydrogen-bond donors (Lipinski definition) is 0. The van der Waals surface area contributed by atoms with Crippen molar-refractivity contribution < 1.29 is 9.53 Å². The molecule has 0 unspecified atom stereocenters. The van der Waals surface area contributed by atoms with Crippen LogP contribution >= 0.6 is 11.3 Å². The zero-order valence-corrected chi connectivity index (χ0v) is 19.0. The van der Waals surface area contributed by atoms with Crippen LogP contribution in [-0.2, 0) is 11.3 Å². The van der Waals surface area contributed by atoms with Crippen molar-refractivity contribution in [2.45, 2.75) is 45.2 Å². The summed E-state index contributed by atoms with van der Waals surface area (Å²) in [5.74, 6) is 0.858. The maximum atomic E-state index is 12.4. The van der Waals surface area contributed by atoms with E-state index in [1.54, 1.807) is 18.9 Å². The van der Waals surface area contributed by atoms with Crippen LogP contribution in [0.2, 0.25) is 0 Å². The Morgan fingerprint density at radius 3 is 2.61 bits per heavy atom. The van der Waals surface area contributed by atoms with Crippen LogP contribution in [0.4, 0.5) is 10.8 Å². The van der Waals surface area contributed by atoms with Crippen molar-refractivity contribution in [1.29, 1.82) is 0 Å². The highest BCUT2D eigenvalue weighted by Gasteiger charge is 2.24. The van der Waals surface area contributed by atoms with Gasteiger partial charge in [-0.2, -0.15) is 0 Å². The van der Waals surface area contributed by atoms with E-state index in [-0.39, 0.29) is 5.91 Å². The van der Waals surface area contributed by atoms with Gasteiger partial charge in [0.2, 0.25) is 5.91 Å². The molecule has 1 saturated heterocycles. The maximum absolute atomic E-state index is 12.4. The van der Waals surface area contributed by atoms with Gasteiger partial charge in [-0.3, -0.25) is 14.6 Å². The van der Waals surface area contributed by atoms with Crippen molar-refractivity contribution in [2.24, 2.45) is 0 Å². The van der Waals surface area contributed by atoms with Crippen molar-refractivity contribution in [3.63, 3.8) is 0 Å². The molecule has 0 aliphatic carbocycles. The van der Waals surface area contributed by atoms with E-state index >= 15 is 0 Å². The summed E-state index contributed by atoms with van der Waals surface area (Å²) in [4.78, 5) is 21.4. The lowest BCUT2D eigenvalue weighted by atomic mass is 10.0. The lowest BCUT2D eigenvalue weighted by Crippen LogP contribution is -2.28. The van der Waals surface area contributed by atoms with Crippen molar-refractivity contribution >= 4 is 28.1 Å². The molecule has 1 aliphatic heterocycles. The highest BCUT2D eigenvalue weighted by Crippen LogP contribution is 2.34. The fraction of sp³-hybridized carbons (Fsp3) is 0.360. The molecule has 6 heteroatoms. The van der Waals surface area contributed by atoms with Crippen LogP contribution in [0.3, 0.4) is 0 Å². The first-order valence-corrected chi connectivity index (χ1v) is 11.7. The molecule has 1 fully saturated rings. The Morgan fingerprint density at radius 2 is 1.90 bits per heavy atom. The van der Waals surface area contributed by atoms with Gasteiger partial charge >= 0.3 is 0 Å². The summed E-state index contributed by atoms with van der Waals surface area (Å²) in [5, 5.41) is 2.81. The predicted molar refractivity (Wildman–Crippen MR) is 126 cm³/mol. The monoisotopic (exact) mass is 435 g/mol. The molecule has 0 spiro atoms. The van der Waals surface area contributed by atoms with Gasteiger partial charge < -0.3 is 4.74 Å². The average molecular weight is 436 g/mol. The van der Waals surface area contributed by atoms with Gasteiger partial charge in [-0.15, -0.1) is 11.3 Å². The van der Waals surface area contributed by atoms with Gasteiger partial charge in [-0.05, 0) is 49.2 Å². The minimum atomic E-state index is -0.0296. The molecule has 1 amide bonds. The molecule has 1 aromatic heterocycles. The van der Waals surface area contributed by atoms with E-state index in [1.165, 1.54) is 36.2 Å². The molecule has 162 valence electrons. The Morgan fingerprint density at radius 1 is 1.13 bits per heavy atom.